The topological polar surface area (TPSA) is 97.5 Å². The van der Waals surface area contributed by atoms with Crippen LogP contribution < -0.4 is 5.73 Å². The van der Waals surface area contributed by atoms with Crippen molar-refractivity contribution in [2.45, 2.75) is 44.4 Å². The summed E-state index contributed by atoms with van der Waals surface area (Å²) >= 11 is 0. The molecule has 0 radical (unpaired) electrons. The van der Waals surface area contributed by atoms with Crippen LogP contribution in [-0.4, -0.2) is 24.5 Å². The van der Waals surface area contributed by atoms with Gasteiger partial charge >= 0.3 is 0 Å². The lowest BCUT2D eigenvalue weighted by Crippen LogP contribution is -2.40. The van der Waals surface area contributed by atoms with E-state index in [1.54, 1.807) is 0 Å². The highest BCUT2D eigenvalue weighted by molar-refractivity contribution is 7.90. The highest BCUT2D eigenvalue weighted by atomic mass is 32.2. The van der Waals surface area contributed by atoms with Gasteiger partial charge in [-0.3, -0.25) is 9.59 Å². The second kappa shape index (κ2) is 7.21. The molecule has 0 spiro atoms. The zero-order valence-electron chi connectivity index (χ0n) is 12.2. The molecule has 21 heavy (non-hydrogen) atoms. The number of nitrogen functional groups attached to an aromatic ring is 1. The Hall–Kier alpha value is -1.89. The van der Waals surface area contributed by atoms with Gasteiger partial charge in [0.15, 0.2) is 0 Å². The number of sulfonamides is 1. The number of nitrogens with zero attached hydrogens (tertiary/aromatic N) is 1. The number of anilines is 1. The molecule has 0 aliphatic heterocycles. The Labute approximate surface area is 125 Å². The van der Waals surface area contributed by atoms with E-state index in [-0.39, 0.29) is 11.3 Å². The fourth-order valence-corrected chi connectivity index (χ4v) is 3.24. The number of benzene rings is 1. The molecule has 0 saturated heterocycles. The van der Waals surface area contributed by atoms with Gasteiger partial charge in [0, 0.05) is 19.0 Å². The molecule has 6 nitrogen and oxygen atoms in total. The third-order valence-electron chi connectivity index (χ3n) is 2.93. The second-order valence-electron chi connectivity index (χ2n) is 4.71. The van der Waals surface area contributed by atoms with Gasteiger partial charge in [0.05, 0.1) is 4.90 Å². The number of carbonyl (C=O) groups excluding carboxylic acids is 2. The average Bonchev–Trinajstić information content (AvgIpc) is 2.38. The number of nitrogens with two attached hydrogens (primary N) is 1. The Morgan fingerprint density at radius 1 is 1.14 bits per heavy atom. The number of carbonyl (C=O) groups is 2. The van der Waals surface area contributed by atoms with Crippen LogP contribution in [0.3, 0.4) is 0 Å². The smallest absolute Gasteiger partial charge is 0.273 e. The molecule has 1 rings (SSSR count). The molecule has 2 N–H and O–H groups in total. The van der Waals surface area contributed by atoms with Crippen LogP contribution in [0.25, 0.3) is 0 Å². The molecule has 2 amide bonds. The Balaban J connectivity index is 3.06. The summed E-state index contributed by atoms with van der Waals surface area (Å²) < 4.78 is 25.1. The van der Waals surface area contributed by atoms with Crippen molar-refractivity contribution >= 4 is 27.5 Å². The summed E-state index contributed by atoms with van der Waals surface area (Å²) in [6, 6.07) is 5.37. The van der Waals surface area contributed by atoms with Crippen molar-refractivity contribution in [2.24, 2.45) is 0 Å². The first-order valence-electron chi connectivity index (χ1n) is 6.75. The zero-order valence-corrected chi connectivity index (χ0v) is 13.0. The molecule has 0 aliphatic rings. The van der Waals surface area contributed by atoms with Crippen molar-refractivity contribution in [1.82, 2.24) is 4.31 Å². The van der Waals surface area contributed by atoms with Gasteiger partial charge in [0.2, 0.25) is 11.8 Å². The average molecular weight is 312 g/mol. The van der Waals surface area contributed by atoms with Crippen LogP contribution in [-0.2, 0) is 19.6 Å². The van der Waals surface area contributed by atoms with Gasteiger partial charge in [-0.1, -0.05) is 19.8 Å². The number of hydrogen-bond acceptors (Lipinski definition) is 5. The van der Waals surface area contributed by atoms with Gasteiger partial charge < -0.3 is 5.73 Å². The molecule has 0 unspecified atom stereocenters. The third kappa shape index (κ3) is 4.29. The van der Waals surface area contributed by atoms with E-state index >= 15 is 0 Å². The lowest BCUT2D eigenvalue weighted by Gasteiger charge is -2.19. The van der Waals surface area contributed by atoms with Crippen molar-refractivity contribution in [1.29, 1.82) is 0 Å². The molecule has 0 fully saturated rings. The van der Waals surface area contributed by atoms with Gasteiger partial charge in [-0.2, -0.15) is 4.31 Å². The Morgan fingerprint density at radius 2 is 1.71 bits per heavy atom. The van der Waals surface area contributed by atoms with Crippen LogP contribution in [0.2, 0.25) is 0 Å². The molecule has 116 valence electrons. The van der Waals surface area contributed by atoms with Gasteiger partial charge in [0.1, 0.15) is 0 Å². The zero-order chi connectivity index (χ0) is 16.0. The minimum absolute atomic E-state index is 0.0294. The number of imide groups is 1. The maximum Gasteiger partial charge on any atom is 0.273 e. The number of hydrogen-bond donors (Lipinski definition) is 1. The van der Waals surface area contributed by atoms with Crippen LogP contribution in [0.15, 0.2) is 29.2 Å². The van der Waals surface area contributed by atoms with Gasteiger partial charge in [-0.25, -0.2) is 8.42 Å². The normalized spacial score (nSPS) is 11.1. The van der Waals surface area contributed by atoms with Crippen molar-refractivity contribution < 1.29 is 18.0 Å². The van der Waals surface area contributed by atoms with Crippen LogP contribution >= 0.6 is 0 Å². The maximum absolute atomic E-state index is 12.4. The Bertz CT molecular complexity index is 608. The number of unbranched alkanes of at least 4 members (excludes halogenated alkanes) is 2. The van der Waals surface area contributed by atoms with Crippen LogP contribution in [0.4, 0.5) is 5.69 Å². The van der Waals surface area contributed by atoms with Gasteiger partial charge in [-0.05, 0) is 30.7 Å². The Kier molecular flexibility index (Phi) is 5.90. The van der Waals surface area contributed by atoms with E-state index in [9.17, 15) is 18.0 Å². The maximum atomic E-state index is 12.4. The molecule has 0 heterocycles. The summed E-state index contributed by atoms with van der Waals surface area (Å²) in [6.45, 7) is 3.03. The van der Waals surface area contributed by atoms with E-state index in [1.165, 1.54) is 24.3 Å². The summed E-state index contributed by atoms with van der Waals surface area (Å²) in [4.78, 5) is 23.5. The second-order valence-corrected chi connectivity index (χ2v) is 6.50. The first-order valence-corrected chi connectivity index (χ1v) is 8.19. The summed E-state index contributed by atoms with van der Waals surface area (Å²) in [6.07, 6.45) is 2.29. The largest absolute Gasteiger partial charge is 0.399 e. The van der Waals surface area contributed by atoms with E-state index < -0.39 is 21.8 Å². The highest BCUT2D eigenvalue weighted by Gasteiger charge is 2.32. The molecule has 0 aliphatic carbocycles. The molecule has 0 saturated carbocycles. The SMILES string of the molecule is CCCCCC(=O)N(C(C)=O)S(=O)(=O)c1ccc(N)cc1. The summed E-state index contributed by atoms with van der Waals surface area (Å²) in [5.74, 6) is -1.51. The fourth-order valence-electron chi connectivity index (χ4n) is 1.85. The predicted molar refractivity (Wildman–Crippen MR) is 79.7 cm³/mol. The lowest BCUT2D eigenvalue weighted by atomic mass is 10.2. The van der Waals surface area contributed by atoms with Crippen molar-refractivity contribution in [3.63, 3.8) is 0 Å². The van der Waals surface area contributed by atoms with E-state index in [0.29, 0.717) is 16.4 Å². The van der Waals surface area contributed by atoms with Crippen molar-refractivity contribution in [2.75, 3.05) is 5.73 Å². The van der Waals surface area contributed by atoms with E-state index in [4.69, 9.17) is 5.73 Å². The van der Waals surface area contributed by atoms with Crippen LogP contribution in [0.5, 0.6) is 0 Å². The first-order chi connectivity index (χ1) is 9.80. The number of amides is 2. The molecule has 0 bridgehead atoms. The highest BCUT2D eigenvalue weighted by Crippen LogP contribution is 2.19. The third-order valence-corrected chi connectivity index (χ3v) is 4.73. The van der Waals surface area contributed by atoms with Gasteiger partial charge in [-0.15, -0.1) is 0 Å². The molecule has 0 atom stereocenters. The molecular formula is C14H20N2O4S. The monoisotopic (exact) mass is 312 g/mol. The first kappa shape index (κ1) is 17.2. The molecule has 7 heteroatoms. The number of rotatable bonds is 6. The quantitative estimate of drug-likeness (QED) is 0.639. The fraction of sp³-hybridized carbons (Fsp3) is 0.429. The molecule has 1 aromatic rings. The predicted octanol–water partition coefficient (Wildman–Crippen LogP) is 1.91. The standard InChI is InChI=1S/C14H20N2O4S/c1-3-4-5-6-14(18)16(11(2)17)21(19,20)13-9-7-12(15)8-10-13/h7-10H,3-6,15H2,1-2H3. The summed E-state index contributed by atoms with van der Waals surface area (Å²) in [7, 11) is -4.17. The summed E-state index contributed by atoms with van der Waals surface area (Å²) in [5, 5.41) is 0. The van der Waals surface area contributed by atoms with Crippen LogP contribution in [0.1, 0.15) is 39.5 Å². The minimum Gasteiger partial charge on any atom is -0.399 e. The van der Waals surface area contributed by atoms with Crippen LogP contribution in [0, 0.1) is 0 Å². The molecule has 0 aromatic heterocycles. The van der Waals surface area contributed by atoms with E-state index in [0.717, 1.165) is 19.8 Å². The van der Waals surface area contributed by atoms with E-state index in [2.05, 4.69) is 0 Å². The lowest BCUT2D eigenvalue weighted by molar-refractivity contribution is -0.137. The summed E-state index contributed by atoms with van der Waals surface area (Å²) in [5.41, 5.74) is 5.90. The van der Waals surface area contributed by atoms with Gasteiger partial charge in [0.25, 0.3) is 10.0 Å². The Morgan fingerprint density at radius 3 is 2.19 bits per heavy atom. The molecule has 1 aromatic carbocycles. The van der Waals surface area contributed by atoms with Crippen molar-refractivity contribution in [3.8, 4) is 0 Å². The minimum atomic E-state index is -4.17. The molecular weight excluding hydrogens is 292 g/mol. The van der Waals surface area contributed by atoms with Crippen molar-refractivity contribution in [3.05, 3.63) is 24.3 Å². The van der Waals surface area contributed by atoms with E-state index in [1.807, 2.05) is 6.92 Å².